The van der Waals surface area contributed by atoms with Gasteiger partial charge in [0.05, 0.1) is 12.6 Å². The highest BCUT2D eigenvalue weighted by molar-refractivity contribution is 5.93. The molecule has 1 saturated heterocycles. The van der Waals surface area contributed by atoms with Crippen molar-refractivity contribution in [3.8, 4) is 0 Å². The van der Waals surface area contributed by atoms with E-state index in [1.807, 2.05) is 24.3 Å². The quantitative estimate of drug-likeness (QED) is 0.225. The van der Waals surface area contributed by atoms with E-state index in [1.54, 1.807) is 6.20 Å². The van der Waals surface area contributed by atoms with E-state index in [0.29, 0.717) is 38.8 Å². The first-order valence-corrected chi connectivity index (χ1v) is 11.9. The molecule has 11 nitrogen and oxygen atoms in total. The molecule has 0 radical (unpaired) electrons. The van der Waals surface area contributed by atoms with Gasteiger partial charge in [-0.2, -0.15) is 0 Å². The number of nitrogens with two attached hydrogens (primary N) is 2. The molecule has 0 spiro atoms. The van der Waals surface area contributed by atoms with Gasteiger partial charge in [-0.15, -0.1) is 0 Å². The SMILES string of the molecule is NCCCCC(N)C(=O)NC(Cc1c[nH]c2ccccc12)C(=O)NCC(=O)N1CCCC1C(=O)O. The number of carbonyl (C=O) groups is 4. The summed E-state index contributed by atoms with van der Waals surface area (Å²) in [6.45, 7) is 0.484. The third-order valence-corrected chi connectivity index (χ3v) is 6.31. The minimum Gasteiger partial charge on any atom is -0.480 e. The van der Waals surface area contributed by atoms with Crippen LogP contribution in [0.3, 0.4) is 0 Å². The molecule has 1 aliphatic rings. The van der Waals surface area contributed by atoms with Crippen LogP contribution in [0.1, 0.15) is 37.7 Å². The summed E-state index contributed by atoms with van der Waals surface area (Å²) in [7, 11) is 0. The molecule has 1 aliphatic heterocycles. The van der Waals surface area contributed by atoms with Crippen molar-refractivity contribution in [3.05, 3.63) is 36.0 Å². The number of carbonyl (C=O) groups excluding carboxylic acids is 3. The number of H-pyrrole nitrogens is 1. The topological polar surface area (TPSA) is 184 Å². The summed E-state index contributed by atoms with van der Waals surface area (Å²) in [4.78, 5) is 54.2. The summed E-state index contributed by atoms with van der Waals surface area (Å²) < 4.78 is 0. The maximum Gasteiger partial charge on any atom is 0.326 e. The maximum atomic E-state index is 13.1. The number of nitrogens with zero attached hydrogens (tertiary/aromatic N) is 1. The van der Waals surface area contributed by atoms with E-state index < -0.39 is 41.8 Å². The molecule has 0 bridgehead atoms. The lowest BCUT2D eigenvalue weighted by Crippen LogP contribution is -2.54. The predicted octanol–water partition coefficient (Wildman–Crippen LogP) is -0.157. The fraction of sp³-hybridized carbons (Fsp3) is 0.500. The fourth-order valence-electron chi connectivity index (χ4n) is 4.36. The lowest BCUT2D eigenvalue weighted by atomic mass is 10.0. The fourth-order valence-corrected chi connectivity index (χ4v) is 4.36. The van der Waals surface area contributed by atoms with Crippen molar-refractivity contribution in [2.24, 2.45) is 11.5 Å². The highest BCUT2D eigenvalue weighted by Gasteiger charge is 2.34. The van der Waals surface area contributed by atoms with Crippen LogP contribution in [0, 0.1) is 0 Å². The molecule has 0 saturated carbocycles. The Labute approximate surface area is 203 Å². The molecule has 2 heterocycles. The van der Waals surface area contributed by atoms with Crippen LogP contribution in [0.25, 0.3) is 10.9 Å². The van der Waals surface area contributed by atoms with Crippen molar-refractivity contribution >= 4 is 34.6 Å². The Morgan fingerprint density at radius 3 is 2.69 bits per heavy atom. The van der Waals surface area contributed by atoms with Crippen molar-refractivity contribution in [1.82, 2.24) is 20.5 Å². The van der Waals surface area contributed by atoms with Gasteiger partial charge in [0.15, 0.2) is 0 Å². The number of fused-ring (bicyclic) bond motifs is 1. The number of aromatic amines is 1. The van der Waals surface area contributed by atoms with Gasteiger partial charge < -0.3 is 37.1 Å². The van der Waals surface area contributed by atoms with Crippen LogP contribution < -0.4 is 22.1 Å². The predicted molar refractivity (Wildman–Crippen MR) is 130 cm³/mol. The van der Waals surface area contributed by atoms with Crippen LogP contribution in [-0.4, -0.2) is 76.4 Å². The lowest BCUT2D eigenvalue weighted by molar-refractivity contribution is -0.148. The molecular weight excluding hydrogens is 452 g/mol. The van der Waals surface area contributed by atoms with E-state index in [-0.39, 0.29) is 13.0 Å². The van der Waals surface area contributed by atoms with Crippen LogP contribution in [0.4, 0.5) is 0 Å². The number of likely N-dealkylation sites (tertiary alicyclic amines) is 1. The number of aromatic nitrogens is 1. The zero-order valence-electron chi connectivity index (χ0n) is 19.7. The molecule has 0 aliphatic carbocycles. The summed E-state index contributed by atoms with van der Waals surface area (Å²) in [5.74, 6) is -2.54. The molecule has 1 fully saturated rings. The highest BCUT2D eigenvalue weighted by atomic mass is 16.4. The van der Waals surface area contributed by atoms with E-state index in [1.165, 1.54) is 4.90 Å². The minimum atomic E-state index is -1.06. The number of amides is 3. The van der Waals surface area contributed by atoms with Crippen molar-refractivity contribution in [3.63, 3.8) is 0 Å². The molecular formula is C24H34N6O5. The Bertz CT molecular complexity index is 1050. The molecule has 1 aromatic heterocycles. The third-order valence-electron chi connectivity index (χ3n) is 6.31. The molecule has 8 N–H and O–H groups in total. The van der Waals surface area contributed by atoms with Gasteiger partial charge in [0.2, 0.25) is 17.7 Å². The lowest BCUT2D eigenvalue weighted by Gasteiger charge is -2.23. The average Bonchev–Trinajstić information content (AvgIpc) is 3.50. The Hall–Kier alpha value is -3.44. The number of para-hydroxylation sites is 1. The van der Waals surface area contributed by atoms with E-state index in [0.717, 1.165) is 22.9 Å². The first-order chi connectivity index (χ1) is 16.8. The van der Waals surface area contributed by atoms with E-state index in [4.69, 9.17) is 11.5 Å². The summed E-state index contributed by atoms with van der Waals surface area (Å²) in [6.07, 6.45) is 4.83. The number of benzene rings is 1. The number of unbranched alkanes of at least 4 members (excludes halogenated alkanes) is 1. The van der Waals surface area contributed by atoms with E-state index >= 15 is 0 Å². The van der Waals surface area contributed by atoms with Crippen LogP contribution in [0.15, 0.2) is 30.5 Å². The third kappa shape index (κ3) is 6.80. The zero-order valence-corrected chi connectivity index (χ0v) is 19.7. The normalized spacial score (nSPS) is 17.2. The molecule has 2 aromatic rings. The second-order valence-corrected chi connectivity index (χ2v) is 8.82. The number of carboxylic acids is 1. The first kappa shape index (κ1) is 26.2. The van der Waals surface area contributed by atoms with Crippen molar-refractivity contribution < 1.29 is 24.3 Å². The van der Waals surface area contributed by atoms with E-state index in [9.17, 15) is 24.3 Å². The summed E-state index contributed by atoms with van der Waals surface area (Å²) >= 11 is 0. The summed E-state index contributed by atoms with van der Waals surface area (Å²) in [5.41, 5.74) is 13.2. The van der Waals surface area contributed by atoms with Gasteiger partial charge in [0, 0.05) is 30.1 Å². The minimum absolute atomic E-state index is 0.187. The number of carboxylic acid groups (broad SMARTS) is 1. The van der Waals surface area contributed by atoms with E-state index in [2.05, 4.69) is 15.6 Å². The van der Waals surface area contributed by atoms with Crippen LogP contribution in [0.2, 0.25) is 0 Å². The molecule has 3 atom stereocenters. The maximum absolute atomic E-state index is 13.1. The second-order valence-electron chi connectivity index (χ2n) is 8.82. The summed E-state index contributed by atoms with van der Waals surface area (Å²) in [5, 5.41) is 15.5. The number of aliphatic carboxylic acids is 1. The van der Waals surface area contributed by atoms with Gasteiger partial charge in [0.1, 0.15) is 12.1 Å². The van der Waals surface area contributed by atoms with Crippen molar-refractivity contribution in [1.29, 1.82) is 0 Å². The monoisotopic (exact) mass is 486 g/mol. The Kier molecular flexibility index (Phi) is 9.21. The standard InChI is InChI=1S/C24H34N6O5/c25-10-4-3-7-17(26)22(32)29-19(12-15-13-27-18-8-2-1-6-16(15)18)23(33)28-14-21(31)30-11-5-9-20(30)24(34)35/h1-2,6,8,13,17,19-20,27H,3-5,7,9-12,14,25-26H2,(H,28,33)(H,29,32)(H,34,35). The Morgan fingerprint density at radius 1 is 1.17 bits per heavy atom. The molecule has 190 valence electrons. The Morgan fingerprint density at radius 2 is 1.94 bits per heavy atom. The number of nitrogens with one attached hydrogen (secondary N) is 3. The van der Waals surface area contributed by atoms with Gasteiger partial charge in [-0.3, -0.25) is 14.4 Å². The summed E-state index contributed by atoms with van der Waals surface area (Å²) in [6, 6.07) is 4.96. The van der Waals surface area contributed by atoms with Gasteiger partial charge >= 0.3 is 5.97 Å². The van der Waals surface area contributed by atoms with Crippen LogP contribution >= 0.6 is 0 Å². The second kappa shape index (κ2) is 12.3. The van der Waals surface area contributed by atoms with Crippen molar-refractivity contribution in [2.45, 2.75) is 56.7 Å². The van der Waals surface area contributed by atoms with Crippen molar-refractivity contribution in [2.75, 3.05) is 19.6 Å². The largest absolute Gasteiger partial charge is 0.480 e. The molecule has 11 heteroatoms. The molecule has 1 aromatic carbocycles. The molecule has 3 rings (SSSR count). The zero-order chi connectivity index (χ0) is 25.4. The van der Waals surface area contributed by atoms with Crippen LogP contribution in [-0.2, 0) is 25.6 Å². The first-order valence-electron chi connectivity index (χ1n) is 11.9. The highest BCUT2D eigenvalue weighted by Crippen LogP contribution is 2.20. The average molecular weight is 487 g/mol. The number of rotatable bonds is 12. The van der Waals surface area contributed by atoms with Gasteiger partial charge in [0.25, 0.3) is 0 Å². The number of hydrogen-bond acceptors (Lipinski definition) is 6. The van der Waals surface area contributed by atoms with Gasteiger partial charge in [-0.1, -0.05) is 24.6 Å². The van der Waals surface area contributed by atoms with Crippen LogP contribution in [0.5, 0.6) is 0 Å². The number of hydrogen-bond donors (Lipinski definition) is 6. The van der Waals surface area contributed by atoms with Gasteiger partial charge in [-0.05, 0) is 43.9 Å². The molecule has 3 unspecified atom stereocenters. The Balaban J connectivity index is 1.69. The molecule has 3 amide bonds. The smallest absolute Gasteiger partial charge is 0.326 e. The van der Waals surface area contributed by atoms with Gasteiger partial charge in [-0.25, -0.2) is 4.79 Å². The molecule has 35 heavy (non-hydrogen) atoms.